The van der Waals surface area contributed by atoms with Crippen molar-refractivity contribution in [1.82, 2.24) is 5.32 Å². The van der Waals surface area contributed by atoms with Gasteiger partial charge in [0, 0.05) is 12.1 Å². The molecule has 1 aromatic rings. The van der Waals surface area contributed by atoms with Crippen LogP contribution in [-0.4, -0.2) is 18.2 Å². The third-order valence-electron chi connectivity index (χ3n) is 2.76. The first-order valence-electron chi connectivity index (χ1n) is 5.91. The minimum Gasteiger partial charge on any atom is -0.508 e. The molecule has 3 heteroatoms. The molecule has 1 aromatic carbocycles. The first kappa shape index (κ1) is 13.0. The van der Waals surface area contributed by atoms with E-state index < -0.39 is 0 Å². The molecule has 0 aliphatic heterocycles. The number of benzene rings is 1. The molecule has 1 atom stereocenters. The van der Waals surface area contributed by atoms with Crippen LogP contribution < -0.4 is 11.1 Å². The Labute approximate surface area is 97.7 Å². The lowest BCUT2D eigenvalue weighted by Gasteiger charge is -2.09. The Kier molecular flexibility index (Phi) is 5.90. The number of phenols is 1. The van der Waals surface area contributed by atoms with Crippen LogP contribution in [0.2, 0.25) is 0 Å². The van der Waals surface area contributed by atoms with Crippen LogP contribution in [0.25, 0.3) is 0 Å². The van der Waals surface area contributed by atoms with Crippen molar-refractivity contribution < 1.29 is 5.11 Å². The van der Waals surface area contributed by atoms with Gasteiger partial charge in [-0.05, 0) is 37.9 Å². The van der Waals surface area contributed by atoms with Gasteiger partial charge in [0.1, 0.15) is 5.75 Å². The first-order valence-corrected chi connectivity index (χ1v) is 5.91. The van der Waals surface area contributed by atoms with E-state index in [1.807, 2.05) is 18.2 Å². The zero-order chi connectivity index (χ0) is 11.8. The fourth-order valence-electron chi connectivity index (χ4n) is 1.58. The molecule has 0 heterocycles. The monoisotopic (exact) mass is 222 g/mol. The van der Waals surface area contributed by atoms with Gasteiger partial charge >= 0.3 is 0 Å². The Morgan fingerprint density at radius 3 is 2.81 bits per heavy atom. The lowest BCUT2D eigenvalue weighted by Crippen LogP contribution is -2.17. The van der Waals surface area contributed by atoms with Gasteiger partial charge in [0.2, 0.25) is 0 Å². The van der Waals surface area contributed by atoms with Crippen LogP contribution in [0.4, 0.5) is 0 Å². The zero-order valence-electron chi connectivity index (χ0n) is 9.95. The number of nitrogens with one attached hydrogen (secondary N) is 1. The van der Waals surface area contributed by atoms with Gasteiger partial charge in [-0.15, -0.1) is 0 Å². The summed E-state index contributed by atoms with van der Waals surface area (Å²) in [5.41, 5.74) is 6.50. The van der Waals surface area contributed by atoms with Gasteiger partial charge in [0.15, 0.2) is 0 Å². The minimum absolute atomic E-state index is 0.366. The molecule has 0 amide bonds. The van der Waals surface area contributed by atoms with E-state index in [-0.39, 0.29) is 0 Å². The second kappa shape index (κ2) is 7.25. The van der Waals surface area contributed by atoms with Crippen molar-refractivity contribution >= 4 is 0 Å². The Morgan fingerprint density at radius 2 is 2.12 bits per heavy atom. The summed E-state index contributed by atoms with van der Waals surface area (Å²) in [7, 11) is 0. The maximum absolute atomic E-state index is 9.54. The Balaban J connectivity index is 2.14. The minimum atomic E-state index is 0.366. The van der Waals surface area contributed by atoms with E-state index in [1.165, 1.54) is 0 Å². The molecule has 0 spiro atoms. The zero-order valence-corrected chi connectivity index (χ0v) is 9.95. The molecular formula is C13H22N2O. The van der Waals surface area contributed by atoms with Crippen molar-refractivity contribution in [3.8, 4) is 5.75 Å². The van der Waals surface area contributed by atoms with Crippen LogP contribution in [0.3, 0.4) is 0 Å². The van der Waals surface area contributed by atoms with E-state index in [4.69, 9.17) is 5.73 Å². The van der Waals surface area contributed by atoms with Gasteiger partial charge in [0.05, 0.1) is 0 Å². The average Bonchev–Trinajstić information content (AvgIpc) is 2.30. The standard InChI is InChI=1S/C13H22N2O/c1-11(9-14)5-4-8-15-10-12-6-2-3-7-13(12)16/h2-3,6-7,11,15-16H,4-5,8-10,14H2,1H3. The number of phenolic OH excluding ortho intramolecular Hbond substituents is 1. The smallest absolute Gasteiger partial charge is 0.120 e. The van der Waals surface area contributed by atoms with E-state index in [2.05, 4.69) is 12.2 Å². The Hall–Kier alpha value is -1.06. The lowest BCUT2D eigenvalue weighted by atomic mass is 10.1. The molecule has 0 bridgehead atoms. The van der Waals surface area contributed by atoms with Crippen molar-refractivity contribution in [3.63, 3.8) is 0 Å². The Morgan fingerprint density at radius 1 is 1.38 bits per heavy atom. The number of nitrogens with two attached hydrogens (primary N) is 1. The van der Waals surface area contributed by atoms with Gasteiger partial charge < -0.3 is 16.2 Å². The molecule has 90 valence electrons. The van der Waals surface area contributed by atoms with Crippen molar-refractivity contribution in [2.45, 2.75) is 26.3 Å². The second-order valence-electron chi connectivity index (χ2n) is 4.29. The predicted molar refractivity (Wildman–Crippen MR) is 67.3 cm³/mol. The highest BCUT2D eigenvalue weighted by atomic mass is 16.3. The molecule has 0 aromatic heterocycles. The van der Waals surface area contributed by atoms with E-state index in [9.17, 15) is 5.11 Å². The highest BCUT2D eigenvalue weighted by molar-refractivity contribution is 5.31. The molecule has 0 aliphatic rings. The molecule has 0 aliphatic carbocycles. The maximum atomic E-state index is 9.54. The fourth-order valence-corrected chi connectivity index (χ4v) is 1.58. The molecule has 0 fully saturated rings. The SMILES string of the molecule is CC(CN)CCCNCc1ccccc1O. The van der Waals surface area contributed by atoms with Crippen LogP contribution in [0.1, 0.15) is 25.3 Å². The number of hydrogen-bond donors (Lipinski definition) is 3. The maximum Gasteiger partial charge on any atom is 0.120 e. The predicted octanol–water partition coefficient (Wildman–Crippen LogP) is 1.86. The number of rotatable bonds is 7. The third-order valence-corrected chi connectivity index (χ3v) is 2.76. The highest BCUT2D eigenvalue weighted by Gasteiger charge is 2.00. The van der Waals surface area contributed by atoms with E-state index in [1.54, 1.807) is 6.07 Å². The molecule has 1 rings (SSSR count). The summed E-state index contributed by atoms with van der Waals surface area (Å²) >= 11 is 0. The lowest BCUT2D eigenvalue weighted by molar-refractivity contribution is 0.461. The molecule has 16 heavy (non-hydrogen) atoms. The van der Waals surface area contributed by atoms with Gasteiger partial charge in [-0.2, -0.15) is 0 Å². The first-order chi connectivity index (χ1) is 7.74. The number of hydrogen-bond acceptors (Lipinski definition) is 3. The van der Waals surface area contributed by atoms with Gasteiger partial charge in [0.25, 0.3) is 0 Å². The van der Waals surface area contributed by atoms with Crippen LogP contribution in [0.15, 0.2) is 24.3 Å². The highest BCUT2D eigenvalue weighted by Crippen LogP contribution is 2.14. The quantitative estimate of drug-likeness (QED) is 0.617. The van der Waals surface area contributed by atoms with Crippen molar-refractivity contribution in [3.05, 3.63) is 29.8 Å². The molecule has 0 saturated carbocycles. The molecule has 0 saturated heterocycles. The van der Waals surface area contributed by atoms with Gasteiger partial charge in [-0.1, -0.05) is 25.1 Å². The second-order valence-corrected chi connectivity index (χ2v) is 4.29. The van der Waals surface area contributed by atoms with E-state index in [0.29, 0.717) is 11.7 Å². The van der Waals surface area contributed by atoms with E-state index >= 15 is 0 Å². The van der Waals surface area contributed by atoms with Crippen LogP contribution in [0, 0.1) is 5.92 Å². The summed E-state index contributed by atoms with van der Waals surface area (Å²) in [5.74, 6) is 0.970. The molecule has 4 N–H and O–H groups in total. The molecule has 1 unspecified atom stereocenters. The summed E-state index contributed by atoms with van der Waals surface area (Å²) in [6.45, 7) is 4.63. The summed E-state index contributed by atoms with van der Waals surface area (Å²) in [6, 6.07) is 7.42. The van der Waals surface area contributed by atoms with Crippen LogP contribution in [-0.2, 0) is 6.54 Å². The van der Waals surface area contributed by atoms with Crippen LogP contribution in [0.5, 0.6) is 5.75 Å². The fraction of sp³-hybridized carbons (Fsp3) is 0.538. The van der Waals surface area contributed by atoms with Gasteiger partial charge in [-0.3, -0.25) is 0 Å². The van der Waals surface area contributed by atoms with Crippen molar-refractivity contribution in [2.24, 2.45) is 11.7 Å². The number of aromatic hydroxyl groups is 1. The van der Waals surface area contributed by atoms with Gasteiger partial charge in [-0.25, -0.2) is 0 Å². The van der Waals surface area contributed by atoms with E-state index in [0.717, 1.165) is 38.0 Å². The number of para-hydroxylation sites is 1. The summed E-state index contributed by atoms with van der Waals surface area (Å²) in [6.07, 6.45) is 2.29. The summed E-state index contributed by atoms with van der Waals surface area (Å²) in [5, 5.41) is 12.9. The topological polar surface area (TPSA) is 58.3 Å². The van der Waals surface area contributed by atoms with Crippen molar-refractivity contribution in [2.75, 3.05) is 13.1 Å². The van der Waals surface area contributed by atoms with Crippen LogP contribution >= 0.6 is 0 Å². The normalized spacial score (nSPS) is 12.6. The third kappa shape index (κ3) is 4.64. The molecule has 0 radical (unpaired) electrons. The molecule has 3 nitrogen and oxygen atoms in total. The van der Waals surface area contributed by atoms with Crippen molar-refractivity contribution in [1.29, 1.82) is 0 Å². The summed E-state index contributed by atoms with van der Waals surface area (Å²) < 4.78 is 0. The Bertz CT molecular complexity index is 302. The average molecular weight is 222 g/mol. The molecular weight excluding hydrogens is 200 g/mol. The summed E-state index contributed by atoms with van der Waals surface area (Å²) in [4.78, 5) is 0. The largest absolute Gasteiger partial charge is 0.508 e.